The number of carbonyl (C=O) groups is 5. The van der Waals surface area contributed by atoms with E-state index in [1.807, 2.05) is 12.2 Å². The van der Waals surface area contributed by atoms with Crippen LogP contribution in [0, 0.1) is 23.7 Å². The molecule has 0 radical (unpaired) electrons. The number of ketones is 4. The third kappa shape index (κ3) is 3.19. The minimum absolute atomic E-state index is 0.0657. The average molecular weight is 511 g/mol. The molecule has 4 aliphatic rings. The largest absolute Gasteiger partial charge is 0.507 e. The number of rotatable bonds is 3. The number of phenolic OH excluding ortho intramolecular Hbond substituents is 1. The van der Waals surface area contributed by atoms with E-state index in [1.165, 1.54) is 19.0 Å². The van der Waals surface area contributed by atoms with Gasteiger partial charge in [-0.05, 0) is 38.4 Å². The summed E-state index contributed by atoms with van der Waals surface area (Å²) in [5, 5.41) is 34.4. The lowest BCUT2D eigenvalue weighted by molar-refractivity contribution is -0.196. The Morgan fingerprint density at radius 1 is 1.11 bits per heavy atom. The van der Waals surface area contributed by atoms with Crippen LogP contribution in [-0.2, 0) is 19.2 Å². The van der Waals surface area contributed by atoms with Crippen LogP contribution in [0.2, 0.25) is 0 Å². The second-order valence-electron chi connectivity index (χ2n) is 10.9. The van der Waals surface area contributed by atoms with Crippen molar-refractivity contribution in [1.29, 1.82) is 0 Å². The summed E-state index contributed by atoms with van der Waals surface area (Å²) in [7, 11) is 2.92. The van der Waals surface area contributed by atoms with Crippen LogP contribution in [0.4, 0.5) is 0 Å². The number of hydrogen-bond acceptors (Lipinski definition) is 9. The first kappa shape index (κ1) is 25.4. The van der Waals surface area contributed by atoms with Crippen LogP contribution in [-0.4, -0.2) is 81.1 Å². The van der Waals surface area contributed by atoms with E-state index in [4.69, 9.17) is 5.73 Å². The number of carbonyl (C=O) groups excluding carboxylic acids is 5. The zero-order chi connectivity index (χ0) is 27.1. The van der Waals surface area contributed by atoms with Gasteiger partial charge in [0.25, 0.3) is 0 Å². The Morgan fingerprint density at radius 3 is 2.32 bits per heavy atom. The molecule has 2 saturated carbocycles. The number of primary amides is 1. The molecule has 196 valence electrons. The topological polar surface area (TPSA) is 175 Å². The minimum Gasteiger partial charge on any atom is -0.507 e. The average Bonchev–Trinajstić information content (AvgIpc) is 3.35. The first-order chi connectivity index (χ1) is 17.3. The lowest BCUT2D eigenvalue weighted by Crippen LogP contribution is -2.77. The lowest BCUT2D eigenvalue weighted by atomic mass is 9.49. The van der Waals surface area contributed by atoms with E-state index < -0.39 is 76.4 Å². The van der Waals surface area contributed by atoms with Gasteiger partial charge in [-0.1, -0.05) is 31.2 Å². The van der Waals surface area contributed by atoms with Crippen molar-refractivity contribution in [2.75, 3.05) is 14.1 Å². The summed E-state index contributed by atoms with van der Waals surface area (Å²) >= 11 is 0. The molecule has 0 bridgehead atoms. The number of aromatic hydroxyl groups is 1. The lowest BCUT2D eigenvalue weighted by Gasteiger charge is -2.56. The third-order valence-electron chi connectivity index (χ3n) is 8.93. The zero-order valence-corrected chi connectivity index (χ0v) is 20.7. The molecule has 37 heavy (non-hydrogen) atoms. The van der Waals surface area contributed by atoms with E-state index in [0.29, 0.717) is 11.1 Å². The molecule has 10 nitrogen and oxygen atoms in total. The third-order valence-corrected chi connectivity index (χ3v) is 8.93. The maximum Gasteiger partial charge on any atom is 0.235 e. The summed E-state index contributed by atoms with van der Waals surface area (Å²) in [5.74, 6) is -13.1. The Balaban J connectivity index is 1.69. The molecule has 0 aliphatic heterocycles. The molecule has 0 heterocycles. The van der Waals surface area contributed by atoms with Gasteiger partial charge < -0.3 is 21.1 Å². The van der Waals surface area contributed by atoms with Crippen molar-refractivity contribution in [1.82, 2.24) is 4.90 Å². The molecule has 9 atom stereocenters. The fraction of sp³-hybridized carbons (Fsp3) is 0.519. The smallest absolute Gasteiger partial charge is 0.235 e. The van der Waals surface area contributed by atoms with Gasteiger partial charge in [0, 0.05) is 17.4 Å². The van der Waals surface area contributed by atoms with Crippen molar-refractivity contribution in [3.63, 3.8) is 0 Å². The molecule has 0 spiro atoms. The molecule has 0 saturated heterocycles. The van der Waals surface area contributed by atoms with Gasteiger partial charge in [-0.15, -0.1) is 0 Å². The van der Waals surface area contributed by atoms with Gasteiger partial charge in [-0.3, -0.25) is 28.9 Å². The summed E-state index contributed by atoms with van der Waals surface area (Å²) in [4.78, 5) is 67.8. The number of hydrogen-bond donors (Lipinski definition) is 4. The summed E-state index contributed by atoms with van der Waals surface area (Å²) < 4.78 is 0. The van der Waals surface area contributed by atoms with Gasteiger partial charge in [-0.2, -0.15) is 0 Å². The number of amides is 1. The Labute approximate surface area is 213 Å². The number of fused-ring (bicyclic) bond motifs is 3. The number of Topliss-reactive ketones (excluding diaryl/α,β-unsaturated/α-hetero) is 4. The highest BCUT2D eigenvalue weighted by Crippen LogP contribution is 2.55. The number of likely N-dealkylation sites (N-methyl/N-ethyl adjacent to an activating group) is 1. The van der Waals surface area contributed by atoms with Crippen LogP contribution < -0.4 is 5.73 Å². The number of benzene rings is 1. The monoisotopic (exact) mass is 510 g/mol. The van der Waals surface area contributed by atoms with E-state index in [1.54, 1.807) is 19.1 Å². The number of phenols is 1. The molecule has 1 amide bonds. The SMILES string of the molecule is CC1c2ccc(C3C=CCC3)c(O)c2C(=O)C2C(=O)[C@]3(O)C(=O)C(C(N)=O)C(=O)[C@@H](N(C)C)[C@@H]3[C@@H](O)[C@@H]21. The molecule has 4 unspecified atom stereocenters. The maximum absolute atomic E-state index is 14.0. The minimum atomic E-state index is -2.99. The maximum atomic E-state index is 14.0. The Bertz CT molecular complexity index is 1290. The van der Waals surface area contributed by atoms with E-state index in [0.717, 1.165) is 12.8 Å². The van der Waals surface area contributed by atoms with Crippen molar-refractivity contribution in [2.45, 2.75) is 49.3 Å². The summed E-state index contributed by atoms with van der Waals surface area (Å²) in [6, 6.07) is 2.06. The Hall–Kier alpha value is -3.21. The fourth-order valence-corrected chi connectivity index (χ4v) is 7.20. The molecule has 1 aromatic rings. The molecular weight excluding hydrogens is 480 g/mol. The van der Waals surface area contributed by atoms with Crippen molar-refractivity contribution < 1.29 is 39.3 Å². The molecule has 4 aliphatic carbocycles. The predicted molar refractivity (Wildman–Crippen MR) is 129 cm³/mol. The van der Waals surface area contributed by atoms with Gasteiger partial charge >= 0.3 is 0 Å². The van der Waals surface area contributed by atoms with Crippen LogP contribution in [0.25, 0.3) is 0 Å². The number of aliphatic hydroxyl groups is 2. The summed E-state index contributed by atoms with van der Waals surface area (Å²) in [6.07, 6.45) is 3.86. The second-order valence-corrected chi connectivity index (χ2v) is 10.9. The van der Waals surface area contributed by atoms with Crippen molar-refractivity contribution in [3.05, 3.63) is 41.0 Å². The van der Waals surface area contributed by atoms with Gasteiger partial charge in [-0.25, -0.2) is 0 Å². The van der Waals surface area contributed by atoms with Gasteiger partial charge in [0.15, 0.2) is 34.7 Å². The zero-order valence-electron chi connectivity index (χ0n) is 20.7. The number of aliphatic hydroxyl groups excluding tert-OH is 1. The van der Waals surface area contributed by atoms with Crippen LogP contribution in [0.1, 0.15) is 53.1 Å². The van der Waals surface area contributed by atoms with Crippen LogP contribution >= 0.6 is 0 Å². The standard InChI is InChI=1S/C27H30N2O8/c1-10-12-8-9-13(11-6-4-5-7-11)20(30)15(12)21(31)16-14(10)22(32)18-19(29(2)3)23(33)17(26(28)36)25(35)27(18,37)24(16)34/h4,6,8-11,14,16-19,22,30,32,37H,5,7H2,1-3H3,(H2,28,36)/t10?,11?,14-,16?,17?,18-,19+,22+,27+/m1/s1. The van der Waals surface area contributed by atoms with Crippen LogP contribution in [0.3, 0.4) is 0 Å². The van der Waals surface area contributed by atoms with Gasteiger partial charge in [0.2, 0.25) is 5.91 Å². The van der Waals surface area contributed by atoms with Gasteiger partial charge in [0.05, 0.1) is 29.5 Å². The second kappa shape index (κ2) is 8.41. The van der Waals surface area contributed by atoms with Crippen molar-refractivity contribution in [3.8, 4) is 5.75 Å². The van der Waals surface area contributed by atoms with Crippen LogP contribution in [0.5, 0.6) is 5.75 Å². The predicted octanol–water partition coefficient (Wildman–Crippen LogP) is -0.168. The highest BCUT2D eigenvalue weighted by Gasteiger charge is 2.72. The quantitative estimate of drug-likeness (QED) is 0.318. The molecule has 1 aromatic carbocycles. The Kier molecular flexibility index (Phi) is 5.78. The van der Waals surface area contributed by atoms with Gasteiger partial charge in [0.1, 0.15) is 5.75 Å². The highest BCUT2D eigenvalue weighted by molar-refractivity contribution is 6.32. The van der Waals surface area contributed by atoms with Crippen molar-refractivity contribution in [2.24, 2.45) is 29.4 Å². The normalized spacial score (nSPS) is 39.0. The Morgan fingerprint density at radius 2 is 1.76 bits per heavy atom. The van der Waals surface area contributed by atoms with Crippen molar-refractivity contribution >= 4 is 29.0 Å². The van der Waals surface area contributed by atoms with E-state index in [9.17, 15) is 39.3 Å². The fourth-order valence-electron chi connectivity index (χ4n) is 7.20. The number of nitrogens with two attached hydrogens (primary N) is 1. The van der Waals surface area contributed by atoms with E-state index in [2.05, 4.69) is 0 Å². The van der Waals surface area contributed by atoms with E-state index >= 15 is 0 Å². The highest BCUT2D eigenvalue weighted by atomic mass is 16.3. The van der Waals surface area contributed by atoms with Crippen LogP contribution in [0.15, 0.2) is 24.3 Å². The molecule has 2 fully saturated rings. The number of nitrogens with zero attached hydrogens (tertiary/aromatic N) is 1. The first-order valence-electron chi connectivity index (χ1n) is 12.4. The van der Waals surface area contributed by atoms with E-state index in [-0.39, 0.29) is 17.2 Å². The molecule has 5 rings (SSSR count). The molecule has 5 N–H and O–H groups in total. The molecule has 0 aromatic heterocycles. The summed E-state index contributed by atoms with van der Waals surface area (Å²) in [6.45, 7) is 1.70. The summed E-state index contributed by atoms with van der Waals surface area (Å²) in [5.41, 5.74) is 3.24. The molecular formula is C27H30N2O8. The molecule has 10 heteroatoms. The first-order valence-corrected chi connectivity index (χ1v) is 12.4. The number of allylic oxidation sites excluding steroid dienone is 2.